The summed E-state index contributed by atoms with van der Waals surface area (Å²) in [5.74, 6) is -1.25. The lowest BCUT2D eigenvalue weighted by molar-refractivity contribution is -0.117. The van der Waals surface area contributed by atoms with Crippen LogP contribution < -0.4 is 21.5 Å². The van der Waals surface area contributed by atoms with E-state index in [0.29, 0.717) is 17.1 Å². The molecule has 0 saturated heterocycles. The van der Waals surface area contributed by atoms with Crippen LogP contribution in [-0.2, 0) is 16.1 Å². The number of aromatic nitrogens is 2. The molecular formula is C21H19N5O4. The van der Waals surface area contributed by atoms with Gasteiger partial charge in [0.25, 0.3) is 11.5 Å². The Balaban J connectivity index is 1.69. The van der Waals surface area contributed by atoms with Crippen molar-refractivity contribution >= 4 is 34.8 Å². The SMILES string of the molecule is CC(=O)Nc1cccc(NC(=O)Cn2nc(C(=O)Nc3ccccc3)ccc2=O)c1. The molecule has 9 nitrogen and oxygen atoms in total. The summed E-state index contributed by atoms with van der Waals surface area (Å²) in [6.45, 7) is 1.000. The standard InChI is InChI=1S/C21H19N5O4/c1-14(27)22-16-8-5-9-17(12-16)23-19(28)13-26-20(29)11-10-18(25-26)21(30)24-15-6-3-2-4-7-15/h2-12H,13H2,1H3,(H,22,27)(H,23,28)(H,24,30). The van der Waals surface area contributed by atoms with E-state index in [0.717, 1.165) is 4.68 Å². The minimum Gasteiger partial charge on any atom is -0.326 e. The highest BCUT2D eigenvalue weighted by molar-refractivity contribution is 6.02. The maximum absolute atomic E-state index is 12.4. The maximum atomic E-state index is 12.4. The number of carbonyl (C=O) groups excluding carboxylic acids is 3. The molecule has 2 aromatic carbocycles. The van der Waals surface area contributed by atoms with Gasteiger partial charge in [0.2, 0.25) is 11.8 Å². The van der Waals surface area contributed by atoms with Crippen LogP contribution in [0.2, 0.25) is 0 Å². The molecule has 3 aromatic rings. The van der Waals surface area contributed by atoms with Crippen molar-refractivity contribution in [1.82, 2.24) is 9.78 Å². The molecular weight excluding hydrogens is 386 g/mol. The molecule has 1 heterocycles. The van der Waals surface area contributed by atoms with Gasteiger partial charge in [-0.15, -0.1) is 0 Å². The molecule has 9 heteroatoms. The zero-order valence-electron chi connectivity index (χ0n) is 16.1. The zero-order chi connectivity index (χ0) is 21.5. The van der Waals surface area contributed by atoms with Gasteiger partial charge in [-0.2, -0.15) is 5.10 Å². The highest BCUT2D eigenvalue weighted by atomic mass is 16.2. The maximum Gasteiger partial charge on any atom is 0.276 e. The smallest absolute Gasteiger partial charge is 0.276 e. The molecule has 0 aliphatic heterocycles. The summed E-state index contributed by atoms with van der Waals surface area (Å²) in [5, 5.41) is 11.9. The molecule has 0 saturated carbocycles. The summed E-state index contributed by atoms with van der Waals surface area (Å²) in [4.78, 5) is 47.9. The molecule has 0 aliphatic rings. The highest BCUT2D eigenvalue weighted by Crippen LogP contribution is 2.15. The van der Waals surface area contributed by atoms with E-state index in [1.807, 2.05) is 6.07 Å². The van der Waals surface area contributed by atoms with Crippen molar-refractivity contribution in [2.24, 2.45) is 0 Å². The Hall–Kier alpha value is -4.27. The molecule has 3 N–H and O–H groups in total. The Morgan fingerprint density at radius 3 is 2.20 bits per heavy atom. The summed E-state index contributed by atoms with van der Waals surface area (Å²) < 4.78 is 0.910. The third kappa shape index (κ3) is 5.61. The number of benzene rings is 2. The highest BCUT2D eigenvalue weighted by Gasteiger charge is 2.12. The average Bonchev–Trinajstić information content (AvgIpc) is 2.70. The van der Waals surface area contributed by atoms with Crippen LogP contribution in [-0.4, -0.2) is 27.5 Å². The van der Waals surface area contributed by atoms with E-state index in [2.05, 4.69) is 21.0 Å². The number of amides is 3. The van der Waals surface area contributed by atoms with Gasteiger partial charge < -0.3 is 16.0 Å². The Kier molecular flexibility index (Phi) is 6.33. The summed E-state index contributed by atoms with van der Waals surface area (Å²) in [5.41, 5.74) is 1.03. The molecule has 0 aliphatic carbocycles. The Morgan fingerprint density at radius 1 is 0.833 bits per heavy atom. The molecule has 0 bridgehead atoms. The fraction of sp³-hybridized carbons (Fsp3) is 0.0952. The third-order valence-corrected chi connectivity index (χ3v) is 3.89. The molecule has 0 atom stereocenters. The van der Waals surface area contributed by atoms with Crippen molar-refractivity contribution < 1.29 is 14.4 Å². The number of hydrogen-bond donors (Lipinski definition) is 3. The second-order valence-corrected chi connectivity index (χ2v) is 6.34. The van der Waals surface area contributed by atoms with E-state index in [9.17, 15) is 19.2 Å². The van der Waals surface area contributed by atoms with Gasteiger partial charge in [-0.1, -0.05) is 24.3 Å². The lowest BCUT2D eigenvalue weighted by Crippen LogP contribution is -2.31. The second-order valence-electron chi connectivity index (χ2n) is 6.34. The Labute approximate surface area is 171 Å². The first kappa shape index (κ1) is 20.5. The average molecular weight is 405 g/mol. The fourth-order valence-corrected chi connectivity index (χ4v) is 2.61. The van der Waals surface area contributed by atoms with E-state index < -0.39 is 17.4 Å². The van der Waals surface area contributed by atoms with Crippen LogP contribution in [0, 0.1) is 0 Å². The van der Waals surface area contributed by atoms with E-state index in [-0.39, 0.29) is 18.1 Å². The van der Waals surface area contributed by atoms with Gasteiger partial charge in [0.05, 0.1) is 0 Å². The number of hydrogen-bond acceptors (Lipinski definition) is 5. The molecule has 152 valence electrons. The minimum absolute atomic E-state index is 0.00101. The summed E-state index contributed by atoms with van der Waals surface area (Å²) in [7, 11) is 0. The van der Waals surface area contributed by atoms with Crippen molar-refractivity contribution in [3.8, 4) is 0 Å². The second kappa shape index (κ2) is 9.28. The first-order chi connectivity index (χ1) is 14.4. The predicted molar refractivity (Wildman–Crippen MR) is 112 cm³/mol. The first-order valence-corrected chi connectivity index (χ1v) is 9.03. The number of para-hydroxylation sites is 1. The van der Waals surface area contributed by atoms with Crippen molar-refractivity contribution in [3.05, 3.63) is 82.8 Å². The lowest BCUT2D eigenvalue weighted by atomic mass is 10.2. The van der Waals surface area contributed by atoms with Gasteiger partial charge in [-0.25, -0.2) is 4.68 Å². The largest absolute Gasteiger partial charge is 0.326 e. The Morgan fingerprint density at radius 2 is 1.50 bits per heavy atom. The Bertz CT molecular complexity index is 1140. The van der Waals surface area contributed by atoms with Gasteiger partial charge >= 0.3 is 0 Å². The summed E-state index contributed by atoms with van der Waals surface area (Å²) in [6.07, 6.45) is 0. The van der Waals surface area contributed by atoms with Gasteiger partial charge in [-0.3, -0.25) is 19.2 Å². The molecule has 0 radical (unpaired) electrons. The molecule has 30 heavy (non-hydrogen) atoms. The van der Waals surface area contributed by atoms with Gasteiger partial charge in [0.1, 0.15) is 12.2 Å². The van der Waals surface area contributed by atoms with Crippen LogP contribution in [0.5, 0.6) is 0 Å². The number of rotatable bonds is 6. The number of nitrogens with one attached hydrogen (secondary N) is 3. The molecule has 1 aromatic heterocycles. The molecule has 0 fully saturated rings. The normalized spacial score (nSPS) is 10.2. The summed E-state index contributed by atoms with van der Waals surface area (Å²) >= 11 is 0. The number of nitrogens with zero attached hydrogens (tertiary/aromatic N) is 2. The first-order valence-electron chi connectivity index (χ1n) is 9.03. The zero-order valence-corrected chi connectivity index (χ0v) is 16.1. The fourth-order valence-electron chi connectivity index (χ4n) is 2.61. The van der Waals surface area contributed by atoms with Crippen LogP contribution >= 0.6 is 0 Å². The number of anilines is 3. The van der Waals surface area contributed by atoms with Crippen LogP contribution in [0.15, 0.2) is 71.5 Å². The van der Waals surface area contributed by atoms with Crippen molar-refractivity contribution in [3.63, 3.8) is 0 Å². The van der Waals surface area contributed by atoms with Gasteiger partial charge in [0.15, 0.2) is 0 Å². The van der Waals surface area contributed by atoms with E-state index >= 15 is 0 Å². The monoisotopic (exact) mass is 405 g/mol. The van der Waals surface area contributed by atoms with E-state index in [1.54, 1.807) is 48.5 Å². The van der Waals surface area contributed by atoms with E-state index in [4.69, 9.17) is 0 Å². The van der Waals surface area contributed by atoms with Crippen molar-refractivity contribution in [2.75, 3.05) is 16.0 Å². The van der Waals surface area contributed by atoms with Gasteiger partial charge in [0, 0.05) is 30.1 Å². The molecule has 0 unspecified atom stereocenters. The number of carbonyl (C=O) groups is 3. The third-order valence-electron chi connectivity index (χ3n) is 3.89. The van der Waals surface area contributed by atoms with Gasteiger partial charge in [-0.05, 0) is 36.4 Å². The van der Waals surface area contributed by atoms with Crippen molar-refractivity contribution in [2.45, 2.75) is 13.5 Å². The van der Waals surface area contributed by atoms with Crippen molar-refractivity contribution in [1.29, 1.82) is 0 Å². The van der Waals surface area contributed by atoms with Crippen LogP contribution in [0.3, 0.4) is 0 Å². The molecule has 3 amide bonds. The van der Waals surface area contributed by atoms with Crippen LogP contribution in [0.1, 0.15) is 17.4 Å². The minimum atomic E-state index is -0.520. The predicted octanol–water partition coefficient (Wildman–Crippen LogP) is 2.09. The van der Waals surface area contributed by atoms with E-state index in [1.165, 1.54) is 19.1 Å². The lowest BCUT2D eigenvalue weighted by Gasteiger charge is -2.10. The molecule has 0 spiro atoms. The van der Waals surface area contributed by atoms with Crippen LogP contribution in [0.25, 0.3) is 0 Å². The molecule has 3 rings (SSSR count). The topological polar surface area (TPSA) is 122 Å². The summed E-state index contributed by atoms with van der Waals surface area (Å²) in [6, 6.07) is 17.8. The van der Waals surface area contributed by atoms with Crippen LogP contribution in [0.4, 0.5) is 17.1 Å². The quantitative estimate of drug-likeness (QED) is 0.580.